The number of halogens is 6. The van der Waals surface area contributed by atoms with Crippen LogP contribution in [0.15, 0.2) is 120 Å². The third-order valence-electron chi connectivity index (χ3n) is 13.3. The molecule has 4 aliphatic rings. The fraction of sp³-hybridized carbons (Fsp3) is 0.314. The molecule has 0 fully saturated rings. The van der Waals surface area contributed by atoms with Gasteiger partial charge in [0.25, 0.3) is 11.8 Å². The van der Waals surface area contributed by atoms with Gasteiger partial charge in [0, 0.05) is 32.4 Å². The Morgan fingerprint density at radius 3 is 1.39 bits per heavy atom. The van der Waals surface area contributed by atoms with E-state index in [0.717, 1.165) is 34.1 Å². The number of hydrogen-bond acceptors (Lipinski definition) is 7. The summed E-state index contributed by atoms with van der Waals surface area (Å²) >= 11 is 0. The summed E-state index contributed by atoms with van der Waals surface area (Å²) in [6.07, 6.45) is -8.59. The van der Waals surface area contributed by atoms with E-state index < -0.39 is 65.4 Å². The zero-order valence-corrected chi connectivity index (χ0v) is 38.6. The van der Waals surface area contributed by atoms with Crippen LogP contribution in [0.4, 0.5) is 47.3 Å². The molecule has 21 heteroatoms. The Labute approximate surface area is 409 Å². The van der Waals surface area contributed by atoms with E-state index in [2.05, 4.69) is 10.6 Å². The quantitative estimate of drug-likeness (QED) is 0.0744. The lowest BCUT2D eigenvalue weighted by Crippen LogP contribution is -2.48. The first-order chi connectivity index (χ1) is 34.2. The topological polar surface area (TPSA) is 190 Å². The fourth-order valence-corrected chi connectivity index (χ4v) is 9.78. The van der Waals surface area contributed by atoms with Gasteiger partial charge in [0.2, 0.25) is 0 Å². The highest BCUT2D eigenvalue weighted by atomic mass is 19.4. The summed E-state index contributed by atoms with van der Waals surface area (Å²) in [5, 5.41) is 33.8. The van der Waals surface area contributed by atoms with Crippen molar-refractivity contribution in [1.82, 2.24) is 20.4 Å². The summed E-state index contributed by atoms with van der Waals surface area (Å²) in [6.45, 7) is 1.19. The van der Waals surface area contributed by atoms with Gasteiger partial charge in [-0.25, -0.2) is 9.59 Å². The summed E-state index contributed by atoms with van der Waals surface area (Å²) in [7, 11) is 1.91. The first kappa shape index (κ1) is 50.2. The second-order valence-corrected chi connectivity index (χ2v) is 18.2. The number of anilines is 2. The van der Waals surface area contributed by atoms with Crippen molar-refractivity contribution in [2.75, 3.05) is 62.7 Å². The number of urea groups is 2. The van der Waals surface area contributed by atoms with Crippen LogP contribution in [0.1, 0.15) is 71.1 Å². The molecular formula is C51H46F6N9O6+. The maximum absolute atomic E-state index is 14.4. The SMILES string of the molecule is C[N+](CCCC(=O)O)(CCCN1CC2=C(C1=O)[C@@H](c1ccc(C#N)cc1)NC(=O)N2c1cccc(C(F)(F)F)c1)CCCN1CC2=C(C1=O)[C@@H](c1ccc(C#N)cc1)NC(=O)N2c1cccc(C(F)(F)F)c1. The highest BCUT2D eigenvalue weighted by Gasteiger charge is 2.47. The summed E-state index contributed by atoms with van der Waals surface area (Å²) in [6, 6.07) is 21.4. The lowest BCUT2D eigenvalue weighted by atomic mass is 9.94. The molecule has 15 nitrogen and oxygen atoms in total. The molecule has 0 saturated carbocycles. The van der Waals surface area contributed by atoms with E-state index in [1.807, 2.05) is 19.2 Å². The molecular weight excluding hydrogens is 949 g/mol. The van der Waals surface area contributed by atoms with Gasteiger partial charge in [0.15, 0.2) is 0 Å². The Kier molecular flexibility index (Phi) is 13.9. The van der Waals surface area contributed by atoms with Crippen LogP contribution in [0, 0.1) is 22.7 Å². The van der Waals surface area contributed by atoms with Crippen molar-refractivity contribution in [3.05, 3.63) is 153 Å². The minimum Gasteiger partial charge on any atom is -0.481 e. The van der Waals surface area contributed by atoms with E-state index in [1.54, 1.807) is 24.3 Å². The van der Waals surface area contributed by atoms with Crippen molar-refractivity contribution in [3.8, 4) is 12.1 Å². The van der Waals surface area contributed by atoms with Gasteiger partial charge in [-0.2, -0.15) is 36.9 Å². The Morgan fingerprint density at radius 2 is 1.03 bits per heavy atom. The Balaban J connectivity index is 1.00. The van der Waals surface area contributed by atoms with E-state index in [4.69, 9.17) is 0 Å². The third kappa shape index (κ3) is 10.3. The second kappa shape index (κ2) is 19.9. The predicted molar refractivity (Wildman–Crippen MR) is 247 cm³/mol. The first-order valence-corrected chi connectivity index (χ1v) is 22.9. The molecule has 3 N–H and O–H groups in total. The zero-order chi connectivity index (χ0) is 51.7. The lowest BCUT2D eigenvalue weighted by molar-refractivity contribution is -0.910. The molecule has 372 valence electrons. The minimum atomic E-state index is -4.72. The number of nitriles is 2. The summed E-state index contributed by atoms with van der Waals surface area (Å²) < 4.78 is 83.4. The normalized spacial score (nSPS) is 18.2. The standard InChI is InChI=1S/C51H45F6N9O6/c1-66(22-4-11-41(67)68,23-5-20-62-29-39-42(46(62)69)44(33-16-12-31(27-58)13-17-33)60-48(71)64(39)37-9-2-7-35(25-37)50(52,53)54)24-6-21-63-30-40-43(47(63)70)45(34-18-14-32(28-59)15-19-34)61-49(72)65(40)38-10-3-8-36(26-38)51(55,56)57/h2-3,7-10,12-19,25-26,44-45H,4-6,11,20-24,29-30H2,1H3,(H2-,60,61,67,68,71,72)/p+1/t44-,45-/m1/s1. The molecule has 4 aliphatic heterocycles. The predicted octanol–water partition coefficient (Wildman–Crippen LogP) is 7.99. The number of rotatable bonds is 16. The highest BCUT2D eigenvalue weighted by molar-refractivity contribution is 6.08. The van der Waals surface area contributed by atoms with Crippen LogP contribution in [-0.4, -0.2) is 102 Å². The van der Waals surface area contributed by atoms with Gasteiger partial charge in [-0.05, 0) is 71.8 Å². The molecule has 72 heavy (non-hydrogen) atoms. The van der Waals surface area contributed by atoms with Crippen LogP contribution < -0.4 is 20.4 Å². The minimum absolute atomic E-state index is 0.103. The smallest absolute Gasteiger partial charge is 0.416 e. The first-order valence-electron chi connectivity index (χ1n) is 22.9. The molecule has 6 amide bonds. The molecule has 0 aromatic heterocycles. The highest BCUT2D eigenvalue weighted by Crippen LogP contribution is 2.42. The molecule has 0 unspecified atom stereocenters. The van der Waals surface area contributed by atoms with Crippen molar-refractivity contribution in [3.63, 3.8) is 0 Å². The van der Waals surface area contributed by atoms with Gasteiger partial charge in [-0.1, -0.05) is 36.4 Å². The number of alkyl halides is 6. The molecule has 4 heterocycles. The Hall–Kier alpha value is -8.17. The number of benzene rings is 4. The number of carboxylic acids is 1. The van der Waals surface area contributed by atoms with E-state index in [0.29, 0.717) is 54.7 Å². The van der Waals surface area contributed by atoms with Crippen molar-refractivity contribution in [2.45, 2.75) is 50.1 Å². The van der Waals surface area contributed by atoms with Gasteiger partial charge < -0.3 is 30.0 Å². The number of carboxylic acid groups (broad SMARTS) is 1. The summed E-state index contributed by atoms with van der Waals surface area (Å²) in [5.74, 6) is -1.94. The van der Waals surface area contributed by atoms with Crippen molar-refractivity contribution in [1.29, 1.82) is 10.5 Å². The molecule has 8 rings (SSSR count). The van der Waals surface area contributed by atoms with Crippen LogP contribution >= 0.6 is 0 Å². The van der Waals surface area contributed by atoms with Crippen LogP contribution in [0.5, 0.6) is 0 Å². The van der Waals surface area contributed by atoms with Gasteiger partial charge in [-0.3, -0.25) is 24.2 Å². The van der Waals surface area contributed by atoms with Gasteiger partial charge in [-0.15, -0.1) is 0 Å². The number of nitrogens with one attached hydrogen (secondary N) is 2. The van der Waals surface area contributed by atoms with E-state index in [9.17, 15) is 65.9 Å². The average Bonchev–Trinajstić information content (AvgIpc) is 3.84. The van der Waals surface area contributed by atoms with Crippen LogP contribution in [0.2, 0.25) is 0 Å². The average molecular weight is 995 g/mol. The van der Waals surface area contributed by atoms with Gasteiger partial charge in [0.1, 0.15) is 0 Å². The molecule has 0 radical (unpaired) electrons. The largest absolute Gasteiger partial charge is 0.481 e. The molecule has 0 spiro atoms. The summed E-state index contributed by atoms with van der Waals surface area (Å²) in [4.78, 5) is 73.2. The van der Waals surface area contributed by atoms with Crippen LogP contribution in [0.25, 0.3) is 0 Å². The lowest BCUT2D eigenvalue weighted by Gasteiger charge is -2.36. The zero-order valence-electron chi connectivity index (χ0n) is 38.6. The van der Waals surface area contributed by atoms with E-state index in [1.165, 1.54) is 58.3 Å². The van der Waals surface area contributed by atoms with Crippen LogP contribution in [-0.2, 0) is 26.7 Å². The van der Waals surface area contributed by atoms with Gasteiger partial charge >= 0.3 is 30.4 Å². The van der Waals surface area contributed by atoms with Crippen molar-refractivity contribution >= 4 is 41.2 Å². The number of amides is 6. The maximum Gasteiger partial charge on any atom is 0.416 e. The van der Waals surface area contributed by atoms with Gasteiger partial charge in [0.05, 0.1) is 127 Å². The van der Waals surface area contributed by atoms with Crippen molar-refractivity contribution in [2.24, 2.45) is 0 Å². The molecule has 0 aliphatic carbocycles. The number of aliphatic carboxylic acids is 1. The monoisotopic (exact) mass is 994 g/mol. The van der Waals surface area contributed by atoms with E-state index in [-0.39, 0.29) is 77.4 Å². The fourth-order valence-electron chi connectivity index (χ4n) is 9.78. The molecule has 4 aromatic rings. The Bertz CT molecular complexity index is 2790. The molecule has 0 saturated heterocycles. The number of quaternary nitrogens is 1. The van der Waals surface area contributed by atoms with Crippen LogP contribution in [0.3, 0.4) is 0 Å². The van der Waals surface area contributed by atoms with Crippen molar-refractivity contribution < 1.29 is 59.9 Å². The number of carbonyl (C=O) groups excluding carboxylic acids is 4. The number of nitrogens with zero attached hydrogens (tertiary/aromatic N) is 7. The molecule has 4 aromatic carbocycles. The number of carbonyl (C=O) groups is 5. The number of hydrogen-bond donors (Lipinski definition) is 3. The maximum atomic E-state index is 14.4. The second-order valence-electron chi connectivity index (χ2n) is 18.2. The summed E-state index contributed by atoms with van der Waals surface area (Å²) in [5.41, 5.74) is 0.0750. The molecule has 2 atom stereocenters. The molecule has 0 bridgehead atoms. The third-order valence-corrected chi connectivity index (χ3v) is 13.3. The van der Waals surface area contributed by atoms with E-state index >= 15 is 0 Å². The Morgan fingerprint density at radius 1 is 0.639 bits per heavy atom.